The molecule has 0 aliphatic heterocycles. The van der Waals surface area contributed by atoms with Crippen LogP contribution in [0.5, 0.6) is 5.75 Å². The molecule has 1 aromatic rings. The van der Waals surface area contributed by atoms with Crippen molar-refractivity contribution in [1.29, 1.82) is 0 Å². The number of ether oxygens (including phenoxy) is 5. The van der Waals surface area contributed by atoms with Crippen LogP contribution in [0.1, 0.15) is 26.3 Å². The third-order valence-corrected chi connectivity index (χ3v) is 3.75. The monoisotopic (exact) mass is 383 g/mol. The maximum Gasteiger partial charge on any atom is 0.404 e. The Morgan fingerprint density at radius 2 is 1.44 bits per heavy atom. The van der Waals surface area contributed by atoms with Crippen LogP contribution in [0.2, 0.25) is 0 Å². The molecule has 0 radical (unpaired) electrons. The quantitative estimate of drug-likeness (QED) is 0.527. The molecule has 0 aromatic heterocycles. The van der Waals surface area contributed by atoms with Gasteiger partial charge in [0.05, 0.1) is 39.6 Å². The number of hydrogen-bond acceptors (Lipinski definition) is 6. The van der Waals surface area contributed by atoms with Gasteiger partial charge in [-0.2, -0.15) is 0 Å². The number of rotatable bonds is 13. The van der Waals surface area contributed by atoms with Gasteiger partial charge in [-0.15, -0.1) is 0 Å². The summed E-state index contributed by atoms with van der Waals surface area (Å²) in [4.78, 5) is 10.9. The Morgan fingerprint density at radius 1 is 0.926 bits per heavy atom. The van der Waals surface area contributed by atoms with E-state index >= 15 is 0 Å². The highest BCUT2D eigenvalue weighted by molar-refractivity contribution is 5.64. The first kappa shape index (κ1) is 23.2. The van der Waals surface area contributed by atoms with Gasteiger partial charge in [-0.1, -0.05) is 38.5 Å². The van der Waals surface area contributed by atoms with Crippen molar-refractivity contribution in [3.63, 3.8) is 0 Å². The Morgan fingerprint density at radius 3 is 1.96 bits per heavy atom. The van der Waals surface area contributed by atoms with Gasteiger partial charge in [-0.3, -0.25) is 0 Å². The zero-order valence-corrected chi connectivity index (χ0v) is 16.9. The molecule has 1 atom stereocenters. The van der Waals surface area contributed by atoms with Crippen LogP contribution in [0.4, 0.5) is 4.79 Å². The first-order valence-electron chi connectivity index (χ1n) is 9.18. The number of hydrogen-bond donors (Lipinski definition) is 1. The van der Waals surface area contributed by atoms with Crippen LogP contribution >= 0.6 is 0 Å². The minimum Gasteiger partial charge on any atom is -0.491 e. The second-order valence-corrected chi connectivity index (χ2v) is 7.25. The summed E-state index contributed by atoms with van der Waals surface area (Å²) in [6.07, 6.45) is -1.19. The first-order chi connectivity index (χ1) is 12.8. The molecule has 1 unspecified atom stereocenters. The Kier molecular flexibility index (Phi) is 10.8. The predicted molar refractivity (Wildman–Crippen MR) is 103 cm³/mol. The number of aryl methyl sites for hydroxylation is 1. The van der Waals surface area contributed by atoms with Crippen molar-refractivity contribution in [2.75, 3.05) is 46.2 Å². The molecule has 0 heterocycles. The van der Waals surface area contributed by atoms with Crippen molar-refractivity contribution in [2.24, 2.45) is 11.1 Å². The topological polar surface area (TPSA) is 89.2 Å². The van der Waals surface area contributed by atoms with Crippen molar-refractivity contribution in [3.05, 3.63) is 29.8 Å². The van der Waals surface area contributed by atoms with E-state index in [4.69, 9.17) is 29.4 Å². The molecule has 7 nitrogen and oxygen atoms in total. The summed E-state index contributed by atoms with van der Waals surface area (Å²) in [6.45, 7) is 11.0. The van der Waals surface area contributed by atoms with Crippen LogP contribution < -0.4 is 10.5 Å². The minimum atomic E-state index is -0.793. The fourth-order valence-corrected chi connectivity index (χ4v) is 2.08. The van der Waals surface area contributed by atoms with Gasteiger partial charge in [0.25, 0.3) is 0 Å². The summed E-state index contributed by atoms with van der Waals surface area (Å²) in [5, 5.41) is 0. The van der Waals surface area contributed by atoms with Crippen molar-refractivity contribution in [3.8, 4) is 5.75 Å². The molecule has 0 aliphatic rings. The first-order valence-corrected chi connectivity index (χ1v) is 9.18. The average molecular weight is 383 g/mol. The van der Waals surface area contributed by atoms with Gasteiger partial charge in [0, 0.05) is 5.41 Å². The number of benzene rings is 1. The van der Waals surface area contributed by atoms with Gasteiger partial charge in [0.1, 0.15) is 18.5 Å². The molecule has 0 saturated carbocycles. The summed E-state index contributed by atoms with van der Waals surface area (Å²) in [5.41, 5.74) is 6.04. The van der Waals surface area contributed by atoms with Crippen LogP contribution in [0, 0.1) is 12.3 Å². The average Bonchev–Trinajstić information content (AvgIpc) is 2.59. The molecule has 0 bridgehead atoms. The van der Waals surface area contributed by atoms with E-state index in [1.165, 1.54) is 5.56 Å². The maximum atomic E-state index is 10.9. The lowest BCUT2D eigenvalue weighted by molar-refractivity contribution is -0.0455. The van der Waals surface area contributed by atoms with Gasteiger partial charge in [0.2, 0.25) is 0 Å². The number of amides is 1. The Labute approximate surface area is 162 Å². The van der Waals surface area contributed by atoms with Gasteiger partial charge < -0.3 is 29.4 Å². The Hall–Kier alpha value is -1.83. The third kappa shape index (κ3) is 11.5. The zero-order chi connectivity index (χ0) is 20.1. The van der Waals surface area contributed by atoms with Crippen LogP contribution in [-0.2, 0) is 18.9 Å². The van der Waals surface area contributed by atoms with Crippen molar-refractivity contribution in [2.45, 2.75) is 33.8 Å². The molecule has 2 N–H and O–H groups in total. The van der Waals surface area contributed by atoms with Crippen molar-refractivity contribution in [1.82, 2.24) is 0 Å². The highest BCUT2D eigenvalue weighted by Gasteiger charge is 2.27. The molecule has 1 aromatic carbocycles. The zero-order valence-electron chi connectivity index (χ0n) is 16.9. The van der Waals surface area contributed by atoms with Crippen LogP contribution in [0.25, 0.3) is 0 Å². The fraction of sp³-hybridized carbons (Fsp3) is 0.650. The largest absolute Gasteiger partial charge is 0.491 e. The molecular weight excluding hydrogens is 350 g/mol. The van der Waals surface area contributed by atoms with E-state index in [0.29, 0.717) is 39.6 Å². The fourth-order valence-electron chi connectivity index (χ4n) is 2.08. The molecule has 1 amide bonds. The normalized spacial score (nSPS) is 12.6. The summed E-state index contributed by atoms with van der Waals surface area (Å²) in [7, 11) is 0. The van der Waals surface area contributed by atoms with Crippen LogP contribution in [0.15, 0.2) is 24.3 Å². The second kappa shape index (κ2) is 12.5. The van der Waals surface area contributed by atoms with E-state index < -0.39 is 12.2 Å². The van der Waals surface area contributed by atoms with E-state index in [-0.39, 0.29) is 12.0 Å². The SMILES string of the molecule is Cc1ccc(OCCOCCOCCOCC(OC(N)=O)C(C)(C)C)cc1. The molecule has 0 fully saturated rings. The molecule has 27 heavy (non-hydrogen) atoms. The van der Waals surface area contributed by atoms with E-state index in [1.54, 1.807) is 0 Å². The standard InChI is InChI=1S/C20H33NO6/c1-16-5-7-17(8-6-16)26-14-13-24-10-9-23-11-12-25-15-18(20(2,3)4)27-19(21)22/h5-8,18H,9-15H2,1-4H3,(H2,21,22). The Balaban J connectivity index is 1.96. The molecular formula is C20H33NO6. The van der Waals surface area contributed by atoms with Crippen molar-refractivity contribution >= 4 is 6.09 Å². The summed E-state index contributed by atoms with van der Waals surface area (Å²) in [6, 6.07) is 7.90. The van der Waals surface area contributed by atoms with E-state index in [2.05, 4.69) is 0 Å². The lowest BCUT2D eigenvalue weighted by atomic mass is 9.89. The summed E-state index contributed by atoms with van der Waals surface area (Å²) >= 11 is 0. The van der Waals surface area contributed by atoms with Gasteiger partial charge in [-0.05, 0) is 19.1 Å². The van der Waals surface area contributed by atoms with Gasteiger partial charge in [0.15, 0.2) is 0 Å². The lowest BCUT2D eigenvalue weighted by Gasteiger charge is -2.29. The van der Waals surface area contributed by atoms with E-state index in [1.807, 2.05) is 52.0 Å². The van der Waals surface area contributed by atoms with E-state index in [9.17, 15) is 4.79 Å². The number of carbonyl (C=O) groups is 1. The van der Waals surface area contributed by atoms with Gasteiger partial charge >= 0.3 is 6.09 Å². The summed E-state index contributed by atoms with van der Waals surface area (Å²) in [5.74, 6) is 0.839. The third-order valence-electron chi connectivity index (χ3n) is 3.75. The molecule has 7 heteroatoms. The number of primary amides is 1. The van der Waals surface area contributed by atoms with Gasteiger partial charge in [-0.25, -0.2) is 4.79 Å². The molecule has 1 rings (SSSR count). The molecule has 0 aliphatic carbocycles. The highest BCUT2D eigenvalue weighted by Crippen LogP contribution is 2.22. The molecule has 154 valence electrons. The lowest BCUT2D eigenvalue weighted by Crippen LogP contribution is -2.37. The highest BCUT2D eigenvalue weighted by atomic mass is 16.6. The maximum absolute atomic E-state index is 10.9. The predicted octanol–water partition coefficient (Wildman–Crippen LogP) is 2.93. The Bertz CT molecular complexity index is 526. The van der Waals surface area contributed by atoms with E-state index in [0.717, 1.165) is 5.75 Å². The minimum absolute atomic E-state index is 0.246. The number of nitrogens with two attached hydrogens (primary N) is 1. The summed E-state index contributed by atoms with van der Waals surface area (Å²) < 4.78 is 27.0. The second-order valence-electron chi connectivity index (χ2n) is 7.25. The van der Waals surface area contributed by atoms with Crippen LogP contribution in [0.3, 0.4) is 0 Å². The number of carbonyl (C=O) groups excluding carboxylic acids is 1. The molecule has 0 saturated heterocycles. The van der Waals surface area contributed by atoms with Crippen LogP contribution in [-0.4, -0.2) is 58.4 Å². The smallest absolute Gasteiger partial charge is 0.404 e. The van der Waals surface area contributed by atoms with Crippen molar-refractivity contribution < 1.29 is 28.5 Å². The molecule has 0 spiro atoms.